The Kier molecular flexibility index (Phi) is 23.5. The van der Waals surface area contributed by atoms with Crippen LogP contribution in [0.15, 0.2) is 252 Å². The van der Waals surface area contributed by atoms with Gasteiger partial charge in [-0.3, -0.25) is 5.16 Å². The first-order valence-corrected chi connectivity index (χ1v) is 31.9. The molecule has 9 rings (SSSR count). The van der Waals surface area contributed by atoms with Crippen molar-refractivity contribution < 1.29 is 13.6 Å². The molecule has 1 aliphatic carbocycles. The van der Waals surface area contributed by atoms with Crippen LogP contribution in [0.2, 0.25) is 0 Å². The fourth-order valence-electron chi connectivity index (χ4n) is 8.57. The second-order valence-electron chi connectivity index (χ2n) is 20.0. The van der Waals surface area contributed by atoms with Crippen molar-refractivity contribution in [3.05, 3.63) is 293 Å². The van der Waals surface area contributed by atoms with E-state index >= 15 is 0 Å². The highest BCUT2D eigenvalue weighted by molar-refractivity contribution is 7.70. The van der Waals surface area contributed by atoms with Crippen LogP contribution in [0.25, 0.3) is 0 Å². The lowest BCUT2D eigenvalue weighted by Crippen LogP contribution is -2.18. The number of aryl methyl sites for hydroxylation is 2. The molecular weight excluding hydrogens is 1010 g/mol. The molecule has 0 heterocycles. The summed E-state index contributed by atoms with van der Waals surface area (Å²) in [4.78, 5) is 0. The minimum absolute atomic E-state index is 0.0188. The maximum absolute atomic E-state index is 7.24. The SMILES string of the molecule is C1=CCCC=C1.CC.CCP(=NP(Cc1ccccc1)(=NCc1ccccc1)Oc1ccccc1)(Oc1ccccc1)Oc1ccc(C(C)(C)c2ccc(C)cc2)cc1.Cc1ccc(C(C)(C)c2ccc(CP=N)cc2)cc1. The molecule has 0 fully saturated rings. The first kappa shape index (κ1) is 60.4. The molecule has 404 valence electrons. The smallest absolute Gasteiger partial charge is 0.321 e. The quantitative estimate of drug-likeness (QED) is 0.0870. The second-order valence-corrected chi connectivity index (χ2v) is 25.7. The van der Waals surface area contributed by atoms with Crippen LogP contribution in [0.4, 0.5) is 0 Å². The Morgan fingerprint density at radius 1 is 0.462 bits per heavy atom. The van der Waals surface area contributed by atoms with E-state index in [-0.39, 0.29) is 10.8 Å². The van der Waals surface area contributed by atoms with Gasteiger partial charge in [-0.2, -0.15) is 4.52 Å². The molecule has 2 unspecified atom stereocenters. The van der Waals surface area contributed by atoms with Crippen molar-refractivity contribution in [1.82, 2.24) is 0 Å². The van der Waals surface area contributed by atoms with E-state index in [1.165, 1.54) is 51.8 Å². The van der Waals surface area contributed by atoms with E-state index in [1.54, 1.807) is 0 Å². The Morgan fingerprint density at radius 3 is 1.23 bits per heavy atom. The molecule has 2 atom stereocenters. The lowest BCUT2D eigenvalue weighted by molar-refractivity contribution is 0.475. The molecule has 1 aliphatic rings. The number of nitrogens with zero attached hydrogens (tertiary/aromatic N) is 2. The van der Waals surface area contributed by atoms with Crippen molar-refractivity contribution in [1.29, 1.82) is 5.16 Å². The molecule has 9 heteroatoms. The van der Waals surface area contributed by atoms with Gasteiger partial charge >= 0.3 is 7.51 Å². The number of para-hydroxylation sites is 2. The lowest BCUT2D eigenvalue weighted by Gasteiger charge is -2.30. The van der Waals surface area contributed by atoms with E-state index in [0.29, 0.717) is 44.5 Å². The van der Waals surface area contributed by atoms with Gasteiger partial charge in [0.25, 0.3) is 7.43 Å². The molecule has 6 nitrogen and oxygen atoms in total. The van der Waals surface area contributed by atoms with Crippen LogP contribution in [-0.2, 0) is 29.7 Å². The average molecular weight is 1090 g/mol. The Hall–Kier alpha value is -6.80. The molecule has 0 bridgehead atoms. The van der Waals surface area contributed by atoms with E-state index in [9.17, 15) is 0 Å². The summed E-state index contributed by atoms with van der Waals surface area (Å²) >= 11 is 0. The third kappa shape index (κ3) is 18.1. The van der Waals surface area contributed by atoms with Crippen molar-refractivity contribution in [3.63, 3.8) is 0 Å². The third-order valence-electron chi connectivity index (χ3n) is 13.4. The summed E-state index contributed by atoms with van der Waals surface area (Å²) in [5.41, 5.74) is 10.9. The summed E-state index contributed by atoms with van der Waals surface area (Å²) in [7, 11) is -5.47. The summed E-state index contributed by atoms with van der Waals surface area (Å²) in [5, 5.41) is 7.24. The van der Waals surface area contributed by atoms with E-state index in [0.717, 1.165) is 17.3 Å². The van der Waals surface area contributed by atoms with Gasteiger partial charge < -0.3 is 13.6 Å². The zero-order valence-corrected chi connectivity index (χ0v) is 50.0. The number of rotatable bonds is 18. The maximum Gasteiger partial charge on any atom is 0.321 e. The fraction of sp³-hybridized carbons (Fsp3) is 0.246. The summed E-state index contributed by atoms with van der Waals surface area (Å²) in [6.45, 7) is 19.8. The topological polar surface area (TPSA) is 76.3 Å². The second kappa shape index (κ2) is 30.4. The van der Waals surface area contributed by atoms with Gasteiger partial charge in [0.15, 0.2) is 0 Å². The molecule has 0 amide bonds. The molecule has 0 radical (unpaired) electrons. The predicted molar refractivity (Wildman–Crippen MR) is 336 cm³/mol. The average Bonchev–Trinajstić information content (AvgIpc) is 3.49. The van der Waals surface area contributed by atoms with Gasteiger partial charge in [-0.25, -0.2) is 4.74 Å². The van der Waals surface area contributed by atoms with Gasteiger partial charge in [-0.1, -0.05) is 266 Å². The molecular formula is C69H80N3O3P3. The van der Waals surface area contributed by atoms with Crippen LogP contribution >= 0.6 is 23.3 Å². The summed E-state index contributed by atoms with van der Waals surface area (Å²) in [6, 6.07) is 74.8. The molecule has 0 aromatic heterocycles. The van der Waals surface area contributed by atoms with Gasteiger partial charge in [-0.15, -0.1) is 0 Å². The minimum atomic E-state index is -3.10. The van der Waals surface area contributed by atoms with Crippen LogP contribution in [0.3, 0.4) is 0 Å². The molecule has 0 spiro atoms. The van der Waals surface area contributed by atoms with Crippen LogP contribution in [0, 0.1) is 19.0 Å². The highest BCUT2D eigenvalue weighted by Crippen LogP contribution is 2.66. The molecule has 1 N–H and O–H groups in total. The molecule has 0 saturated carbocycles. The van der Waals surface area contributed by atoms with E-state index < -0.39 is 14.9 Å². The van der Waals surface area contributed by atoms with E-state index in [2.05, 4.69) is 182 Å². The van der Waals surface area contributed by atoms with Crippen LogP contribution in [-0.4, -0.2) is 6.16 Å². The van der Waals surface area contributed by atoms with Crippen molar-refractivity contribution in [2.75, 3.05) is 6.16 Å². The fourth-order valence-corrected chi connectivity index (χ4v) is 15.0. The Morgan fingerprint density at radius 2 is 0.833 bits per heavy atom. The molecule has 8 aromatic carbocycles. The molecule has 0 saturated heterocycles. The first-order valence-electron chi connectivity index (χ1n) is 27.3. The van der Waals surface area contributed by atoms with Gasteiger partial charge in [0.05, 0.1) is 18.9 Å². The monoisotopic (exact) mass is 1090 g/mol. The molecule has 8 aromatic rings. The largest absolute Gasteiger partial charge is 0.441 e. The highest BCUT2D eigenvalue weighted by atomic mass is 31.2. The zero-order chi connectivity index (χ0) is 55.7. The van der Waals surface area contributed by atoms with E-state index in [1.807, 2.05) is 123 Å². The van der Waals surface area contributed by atoms with Crippen molar-refractivity contribution >= 4 is 23.3 Å². The Balaban J connectivity index is 0.000000298. The highest BCUT2D eigenvalue weighted by Gasteiger charge is 2.33. The summed E-state index contributed by atoms with van der Waals surface area (Å²) < 4.78 is 32.1. The van der Waals surface area contributed by atoms with Crippen LogP contribution in [0.5, 0.6) is 17.2 Å². The molecule has 78 heavy (non-hydrogen) atoms. The number of nitrogens with one attached hydrogen (secondary N) is 1. The molecule has 0 aliphatic heterocycles. The summed E-state index contributed by atoms with van der Waals surface area (Å²) in [6.07, 6.45) is 12.8. The van der Waals surface area contributed by atoms with Crippen LogP contribution in [0.1, 0.15) is 111 Å². The predicted octanol–water partition coefficient (Wildman–Crippen LogP) is 21.8. The first-order chi connectivity index (χ1) is 37.8. The van der Waals surface area contributed by atoms with Gasteiger partial charge in [-0.05, 0) is 102 Å². The zero-order valence-electron chi connectivity index (χ0n) is 47.3. The minimum Gasteiger partial charge on any atom is -0.441 e. The Labute approximate surface area is 469 Å². The lowest BCUT2D eigenvalue weighted by atomic mass is 9.78. The standard InChI is InChI=1S/C44H46N2O3P2.C17H20NP.C6H8.C2H6/c1-5-51(48-42-24-16-9-17-25-42,49-43-32-30-40(31-33-43)44(3,4)39-28-26-36(2)27-29-39)46-50(35-38-20-12-7-13-21-38,47-41-22-14-8-15-23-41)45-34-37-18-10-6-11-19-37;1-13-4-8-15(9-5-13)17(2,3)16-10-6-14(7-11-16)12-19-18;1-2-4-6-5-3-1;1-2/h6-33H,5,34-35H2,1-4H3;4-11,18H,12H2,1-3H3;1-4H,5-6H2;1-2H3. The number of hydrogen-bond donors (Lipinski definition) is 1. The van der Waals surface area contributed by atoms with Crippen LogP contribution < -0.4 is 13.6 Å². The summed E-state index contributed by atoms with van der Waals surface area (Å²) in [5.74, 6) is 2.09. The third-order valence-corrected chi connectivity index (χ3v) is 19.8. The van der Waals surface area contributed by atoms with Crippen molar-refractivity contribution in [3.8, 4) is 17.2 Å². The number of allylic oxidation sites excluding steroid dienone is 4. The normalized spacial score (nSPS) is 13.3. The number of benzene rings is 8. The van der Waals surface area contributed by atoms with E-state index in [4.69, 9.17) is 28.0 Å². The van der Waals surface area contributed by atoms with Gasteiger partial charge in [0.1, 0.15) is 17.2 Å². The Bertz CT molecular complexity index is 3140. The van der Waals surface area contributed by atoms with Gasteiger partial charge in [0.2, 0.25) is 0 Å². The maximum atomic E-state index is 7.24. The number of hydrogen-bond acceptors (Lipinski definition) is 5. The van der Waals surface area contributed by atoms with Gasteiger partial charge in [0, 0.05) is 25.4 Å². The van der Waals surface area contributed by atoms with Crippen molar-refractivity contribution in [2.45, 2.75) is 105 Å². The van der Waals surface area contributed by atoms with Crippen molar-refractivity contribution in [2.24, 2.45) is 9.26 Å².